The molecule has 8 rings (SSSR count). The van der Waals surface area contributed by atoms with Gasteiger partial charge in [-0.1, -0.05) is 116 Å². The molecule has 1 spiro atoms. The van der Waals surface area contributed by atoms with Crippen molar-refractivity contribution in [2.24, 2.45) is 5.92 Å². The first-order chi connectivity index (χ1) is 25.1. The van der Waals surface area contributed by atoms with E-state index in [1.54, 1.807) is 0 Å². The largest absolute Gasteiger partial charge is 0.491 e. The Kier molecular flexibility index (Phi) is 9.08. The van der Waals surface area contributed by atoms with Crippen molar-refractivity contribution in [1.29, 1.82) is 0 Å². The molecule has 262 valence electrons. The number of benzene rings is 4. The number of carbonyl (C=O) groups is 3. The molecule has 4 heterocycles. The van der Waals surface area contributed by atoms with Gasteiger partial charge in [-0.15, -0.1) is 0 Å². The van der Waals surface area contributed by atoms with Crippen LogP contribution in [0.15, 0.2) is 109 Å². The molecule has 3 fully saturated rings. The van der Waals surface area contributed by atoms with Gasteiger partial charge in [-0.2, -0.15) is 0 Å². The van der Waals surface area contributed by atoms with E-state index in [1.165, 1.54) is 0 Å². The zero-order valence-electron chi connectivity index (χ0n) is 28.5. The molecular weight excluding hydrogens is 642 g/mol. The zero-order valence-corrected chi connectivity index (χ0v) is 28.5. The van der Waals surface area contributed by atoms with Crippen molar-refractivity contribution >= 4 is 23.5 Å². The molecule has 0 aliphatic carbocycles. The van der Waals surface area contributed by atoms with Crippen molar-refractivity contribution in [3.63, 3.8) is 0 Å². The number of cyclic esters (lactones) is 1. The van der Waals surface area contributed by atoms with Crippen LogP contribution in [-0.4, -0.2) is 65.0 Å². The molecule has 0 aromatic heterocycles. The second kappa shape index (κ2) is 14.0. The zero-order chi connectivity index (χ0) is 35.0. The third-order valence-corrected chi connectivity index (χ3v) is 11.2. The number of aliphatic hydroxyl groups is 1. The summed E-state index contributed by atoms with van der Waals surface area (Å²) in [5, 5.41) is 13.0. The predicted octanol–water partition coefficient (Wildman–Crippen LogP) is 6.12. The van der Waals surface area contributed by atoms with E-state index in [4.69, 9.17) is 9.47 Å². The number of morpholine rings is 1. The number of nitrogens with zero attached hydrogens (tertiary/aromatic N) is 2. The van der Waals surface area contributed by atoms with Gasteiger partial charge >= 0.3 is 5.97 Å². The summed E-state index contributed by atoms with van der Waals surface area (Å²) in [6.07, 6.45) is 4.15. The minimum Gasteiger partial charge on any atom is -0.491 e. The molecular formula is C42H43N3O6. The van der Waals surface area contributed by atoms with E-state index in [2.05, 4.69) is 10.2 Å². The van der Waals surface area contributed by atoms with E-state index in [9.17, 15) is 9.90 Å². The van der Waals surface area contributed by atoms with Gasteiger partial charge in [0.1, 0.15) is 29.9 Å². The van der Waals surface area contributed by atoms with Crippen molar-refractivity contribution in [3.05, 3.63) is 131 Å². The van der Waals surface area contributed by atoms with E-state index in [0.717, 1.165) is 43.2 Å². The van der Waals surface area contributed by atoms with Crippen molar-refractivity contribution in [2.75, 3.05) is 31.6 Å². The molecule has 51 heavy (non-hydrogen) atoms. The van der Waals surface area contributed by atoms with Crippen molar-refractivity contribution in [2.45, 2.75) is 61.7 Å². The third kappa shape index (κ3) is 5.50. The van der Waals surface area contributed by atoms with Gasteiger partial charge in [0.05, 0.1) is 24.6 Å². The molecule has 0 saturated carbocycles. The van der Waals surface area contributed by atoms with Gasteiger partial charge in [-0.25, -0.2) is 0 Å². The Bertz CT molecular complexity index is 1900. The standard InChI is InChI=1S/C42H43N3O6/c46-26-27-50-33-23-13-10-20-30(33)38-42(31-21-11-12-22-32(31)43-41(42)49)34(39(47)44-24-14-2-1-3-15-25-44)36-40(48)51-37(29-18-8-5-9-19-29)35(45(36)38)28-16-6-4-7-17-28/h4-13,16-23,34-38,46H,1-3,14-15,24-27H2,(H,43,49)/t34-,35-,36-,37+,38+,42-/m0/s1. The SMILES string of the molecule is O=C1O[C@H](c2ccccc2)[C@H](c2ccccc2)N2[C@H]1[C@@H](C(=O)N1CCCCCCC1)[C@]1(C(=O)Nc3ccccc31)[C@H]2c1ccccc1OCCO. The Hall–Kier alpha value is -4.99. The van der Waals surface area contributed by atoms with Crippen LogP contribution in [-0.2, 0) is 24.5 Å². The second-order valence-corrected chi connectivity index (χ2v) is 14.0. The fourth-order valence-corrected chi connectivity index (χ4v) is 9.16. The van der Waals surface area contributed by atoms with Crippen LogP contribution >= 0.6 is 0 Å². The van der Waals surface area contributed by atoms with E-state index in [1.807, 2.05) is 114 Å². The van der Waals surface area contributed by atoms with Crippen LogP contribution in [0.2, 0.25) is 0 Å². The van der Waals surface area contributed by atoms with Crippen molar-refractivity contribution in [1.82, 2.24) is 9.80 Å². The van der Waals surface area contributed by atoms with Crippen LogP contribution in [0.25, 0.3) is 0 Å². The number of rotatable bonds is 7. The summed E-state index contributed by atoms with van der Waals surface area (Å²) in [5.74, 6) is -1.70. The lowest BCUT2D eigenvalue weighted by atomic mass is 9.65. The summed E-state index contributed by atoms with van der Waals surface area (Å²) in [6, 6.07) is 32.1. The molecule has 4 aliphatic rings. The number of fused-ring (bicyclic) bond motifs is 3. The lowest BCUT2D eigenvalue weighted by Crippen LogP contribution is -2.55. The fraction of sp³-hybridized carbons (Fsp3) is 0.357. The Morgan fingerprint density at radius 2 is 1.41 bits per heavy atom. The number of hydrogen-bond acceptors (Lipinski definition) is 7. The van der Waals surface area contributed by atoms with Gasteiger partial charge in [0.25, 0.3) is 0 Å². The van der Waals surface area contributed by atoms with Gasteiger partial charge < -0.3 is 24.8 Å². The monoisotopic (exact) mass is 685 g/mol. The summed E-state index contributed by atoms with van der Waals surface area (Å²) < 4.78 is 12.7. The summed E-state index contributed by atoms with van der Waals surface area (Å²) in [4.78, 5) is 49.6. The van der Waals surface area contributed by atoms with Crippen LogP contribution in [0.1, 0.15) is 72.5 Å². The first kappa shape index (κ1) is 33.2. The van der Waals surface area contributed by atoms with E-state index in [0.29, 0.717) is 35.7 Å². The molecule has 0 unspecified atom stereocenters. The molecule has 3 saturated heterocycles. The lowest BCUT2D eigenvalue weighted by molar-refractivity contribution is -0.179. The maximum Gasteiger partial charge on any atom is 0.324 e. The number of anilines is 1. The summed E-state index contributed by atoms with van der Waals surface area (Å²) >= 11 is 0. The van der Waals surface area contributed by atoms with Crippen LogP contribution in [0.4, 0.5) is 5.69 Å². The minimum absolute atomic E-state index is 0.0376. The number of amides is 2. The first-order valence-corrected chi connectivity index (χ1v) is 18.2. The molecule has 6 atom stereocenters. The molecule has 9 heteroatoms. The van der Waals surface area contributed by atoms with Crippen LogP contribution in [0.3, 0.4) is 0 Å². The number of ether oxygens (including phenoxy) is 2. The highest BCUT2D eigenvalue weighted by Crippen LogP contribution is 2.65. The molecule has 4 aliphatic heterocycles. The molecule has 0 radical (unpaired) electrons. The topological polar surface area (TPSA) is 108 Å². The minimum atomic E-state index is -1.53. The average molecular weight is 686 g/mol. The third-order valence-electron chi connectivity index (χ3n) is 11.2. The molecule has 9 nitrogen and oxygen atoms in total. The molecule has 2 N–H and O–H groups in total. The maximum absolute atomic E-state index is 15.5. The molecule has 4 aromatic rings. The Labute approximate surface area is 298 Å². The van der Waals surface area contributed by atoms with E-state index in [-0.39, 0.29) is 25.0 Å². The van der Waals surface area contributed by atoms with Gasteiger partial charge in [-0.3, -0.25) is 19.3 Å². The van der Waals surface area contributed by atoms with E-state index >= 15 is 9.59 Å². The van der Waals surface area contributed by atoms with Crippen LogP contribution in [0.5, 0.6) is 5.75 Å². The number of likely N-dealkylation sites (tertiary alicyclic amines) is 1. The van der Waals surface area contributed by atoms with E-state index < -0.39 is 41.5 Å². The van der Waals surface area contributed by atoms with Crippen molar-refractivity contribution in [3.8, 4) is 5.75 Å². The second-order valence-electron chi connectivity index (χ2n) is 14.0. The highest BCUT2D eigenvalue weighted by Gasteiger charge is 2.74. The van der Waals surface area contributed by atoms with Gasteiger partial charge in [-0.05, 0) is 41.7 Å². The molecule has 0 bridgehead atoms. The van der Waals surface area contributed by atoms with Crippen LogP contribution < -0.4 is 10.1 Å². The number of esters is 1. The number of para-hydroxylation sites is 2. The van der Waals surface area contributed by atoms with Gasteiger partial charge in [0.2, 0.25) is 11.8 Å². The van der Waals surface area contributed by atoms with Gasteiger partial charge in [0, 0.05) is 24.3 Å². The highest BCUT2D eigenvalue weighted by molar-refractivity contribution is 6.12. The summed E-state index contributed by atoms with van der Waals surface area (Å²) in [7, 11) is 0. The Balaban J connectivity index is 1.43. The quantitative estimate of drug-likeness (QED) is 0.226. The predicted molar refractivity (Wildman–Crippen MR) is 192 cm³/mol. The summed E-state index contributed by atoms with van der Waals surface area (Å²) in [6.45, 7) is 0.957. The van der Waals surface area contributed by atoms with Gasteiger partial charge in [0.15, 0.2) is 0 Å². The highest BCUT2D eigenvalue weighted by atomic mass is 16.6. The smallest absolute Gasteiger partial charge is 0.324 e. The number of nitrogens with one attached hydrogen (secondary N) is 1. The fourth-order valence-electron chi connectivity index (χ4n) is 9.16. The van der Waals surface area contributed by atoms with Crippen molar-refractivity contribution < 1.29 is 29.0 Å². The summed E-state index contributed by atoms with van der Waals surface area (Å²) in [5.41, 5.74) is 2.13. The van der Waals surface area contributed by atoms with Crippen LogP contribution in [0, 0.1) is 5.92 Å². The maximum atomic E-state index is 15.5. The Morgan fingerprint density at radius 3 is 2.14 bits per heavy atom. The average Bonchev–Trinajstić information content (AvgIpc) is 3.63. The first-order valence-electron chi connectivity index (χ1n) is 18.2. The number of aliphatic hydroxyl groups excluding tert-OH is 1. The normalized spacial score (nSPS) is 27.5. The number of carbonyl (C=O) groups excluding carboxylic acids is 3. The lowest BCUT2D eigenvalue weighted by Gasteiger charge is -2.46. The number of hydrogen-bond donors (Lipinski definition) is 2. The molecule has 4 aromatic carbocycles. The Morgan fingerprint density at radius 1 is 0.784 bits per heavy atom. The molecule has 2 amide bonds.